The molecule has 0 aliphatic heterocycles. The first-order valence-corrected chi connectivity index (χ1v) is 6.03. The van der Waals surface area contributed by atoms with Crippen LogP contribution in [-0.2, 0) is 0 Å². The zero-order valence-corrected chi connectivity index (χ0v) is 11.3. The quantitative estimate of drug-likeness (QED) is 0.877. The van der Waals surface area contributed by atoms with E-state index in [0.717, 1.165) is 5.56 Å². The summed E-state index contributed by atoms with van der Waals surface area (Å²) in [6, 6.07) is 6.35. The van der Waals surface area contributed by atoms with E-state index in [1.807, 2.05) is 6.92 Å². The zero-order chi connectivity index (χ0) is 15.6. The number of methoxy groups -OCH3 is 1. The third-order valence-electron chi connectivity index (χ3n) is 2.85. The van der Waals surface area contributed by atoms with Crippen molar-refractivity contribution in [2.45, 2.75) is 6.92 Å². The van der Waals surface area contributed by atoms with Gasteiger partial charge in [-0.3, -0.25) is 4.79 Å². The minimum absolute atomic E-state index is 0.324. The van der Waals surface area contributed by atoms with Crippen LogP contribution in [0.25, 0.3) is 0 Å². The van der Waals surface area contributed by atoms with Crippen LogP contribution in [0.15, 0.2) is 30.3 Å². The number of anilines is 1. The molecule has 1 amide bonds. The van der Waals surface area contributed by atoms with E-state index in [9.17, 15) is 18.0 Å². The number of nitrogens with one attached hydrogen (secondary N) is 1. The summed E-state index contributed by atoms with van der Waals surface area (Å²) in [5.74, 6) is -4.82. The van der Waals surface area contributed by atoms with Crippen molar-refractivity contribution in [3.05, 3.63) is 58.9 Å². The van der Waals surface area contributed by atoms with Gasteiger partial charge in [0.25, 0.3) is 5.91 Å². The molecule has 0 heterocycles. The Morgan fingerprint density at radius 3 is 2.29 bits per heavy atom. The van der Waals surface area contributed by atoms with E-state index in [1.165, 1.54) is 7.11 Å². The smallest absolute Gasteiger partial charge is 0.255 e. The molecule has 0 unspecified atom stereocenters. The summed E-state index contributed by atoms with van der Waals surface area (Å²) in [5.41, 5.74) is 0.894. The number of hydrogen-bond donors (Lipinski definition) is 1. The molecule has 0 aromatic heterocycles. The van der Waals surface area contributed by atoms with Crippen molar-refractivity contribution in [1.29, 1.82) is 0 Å². The fourth-order valence-electron chi connectivity index (χ4n) is 1.80. The van der Waals surface area contributed by atoms with Crippen molar-refractivity contribution in [2.24, 2.45) is 0 Å². The van der Waals surface area contributed by atoms with E-state index in [2.05, 4.69) is 5.32 Å². The fraction of sp³-hybridized carbons (Fsp3) is 0.133. The highest BCUT2D eigenvalue weighted by atomic mass is 19.2. The Balaban J connectivity index is 2.32. The number of ether oxygens (including phenoxy) is 1. The van der Waals surface area contributed by atoms with Crippen molar-refractivity contribution in [3.63, 3.8) is 0 Å². The van der Waals surface area contributed by atoms with Gasteiger partial charge in [-0.25, -0.2) is 13.2 Å². The summed E-state index contributed by atoms with van der Waals surface area (Å²) in [5, 5.41) is 2.47. The molecular formula is C15H12F3NO2. The van der Waals surface area contributed by atoms with Crippen molar-refractivity contribution < 1.29 is 22.7 Å². The maximum absolute atomic E-state index is 13.1. The number of halogens is 3. The SMILES string of the molecule is COc1ccc(C)cc1NC(=O)c1cc(F)c(F)c(F)c1. The highest BCUT2D eigenvalue weighted by Crippen LogP contribution is 2.26. The van der Waals surface area contributed by atoms with Crippen molar-refractivity contribution in [3.8, 4) is 5.75 Å². The van der Waals surface area contributed by atoms with Gasteiger partial charge in [0.05, 0.1) is 12.8 Å². The Hall–Kier alpha value is -2.50. The highest BCUT2D eigenvalue weighted by Gasteiger charge is 2.16. The van der Waals surface area contributed by atoms with E-state index in [0.29, 0.717) is 23.6 Å². The summed E-state index contributed by atoms with van der Waals surface area (Å²) in [6.45, 7) is 1.81. The van der Waals surface area contributed by atoms with E-state index in [-0.39, 0.29) is 5.56 Å². The molecule has 2 aromatic carbocycles. The molecular weight excluding hydrogens is 283 g/mol. The van der Waals surface area contributed by atoms with Gasteiger partial charge < -0.3 is 10.1 Å². The molecule has 110 valence electrons. The largest absolute Gasteiger partial charge is 0.495 e. The number of amides is 1. The normalized spacial score (nSPS) is 10.3. The average molecular weight is 295 g/mol. The van der Waals surface area contributed by atoms with Gasteiger partial charge in [0.1, 0.15) is 5.75 Å². The number of carbonyl (C=O) groups is 1. The summed E-state index contributed by atoms with van der Waals surface area (Å²) < 4.78 is 44.2. The van der Waals surface area contributed by atoms with E-state index < -0.39 is 23.4 Å². The molecule has 0 saturated heterocycles. The molecule has 21 heavy (non-hydrogen) atoms. The van der Waals surface area contributed by atoms with E-state index in [1.54, 1.807) is 18.2 Å². The van der Waals surface area contributed by atoms with Crippen LogP contribution in [0, 0.1) is 24.4 Å². The first-order chi connectivity index (χ1) is 9.92. The second kappa shape index (κ2) is 5.87. The number of hydrogen-bond acceptors (Lipinski definition) is 2. The third-order valence-corrected chi connectivity index (χ3v) is 2.85. The lowest BCUT2D eigenvalue weighted by atomic mass is 10.1. The van der Waals surface area contributed by atoms with Gasteiger partial charge in [-0.2, -0.15) is 0 Å². The molecule has 0 saturated carbocycles. The van der Waals surface area contributed by atoms with Crippen LogP contribution in [0.1, 0.15) is 15.9 Å². The van der Waals surface area contributed by atoms with Crippen molar-refractivity contribution in [2.75, 3.05) is 12.4 Å². The van der Waals surface area contributed by atoms with Gasteiger partial charge in [0.2, 0.25) is 0 Å². The van der Waals surface area contributed by atoms with Crippen LogP contribution in [0.4, 0.5) is 18.9 Å². The Labute approximate surface area is 119 Å². The van der Waals surface area contributed by atoms with Gasteiger partial charge in [-0.05, 0) is 36.8 Å². The fourth-order valence-corrected chi connectivity index (χ4v) is 1.80. The van der Waals surface area contributed by atoms with Gasteiger partial charge in [-0.1, -0.05) is 6.07 Å². The van der Waals surface area contributed by atoms with E-state index >= 15 is 0 Å². The molecule has 3 nitrogen and oxygen atoms in total. The average Bonchev–Trinajstić information content (AvgIpc) is 2.44. The van der Waals surface area contributed by atoms with Crippen LogP contribution in [0.2, 0.25) is 0 Å². The molecule has 2 aromatic rings. The van der Waals surface area contributed by atoms with Crippen molar-refractivity contribution in [1.82, 2.24) is 0 Å². The molecule has 2 rings (SSSR count). The molecule has 0 fully saturated rings. The van der Waals surface area contributed by atoms with Crippen LogP contribution >= 0.6 is 0 Å². The topological polar surface area (TPSA) is 38.3 Å². The summed E-state index contributed by atoms with van der Waals surface area (Å²) in [7, 11) is 1.43. The molecule has 0 atom stereocenters. The van der Waals surface area contributed by atoms with Gasteiger partial charge >= 0.3 is 0 Å². The monoisotopic (exact) mass is 295 g/mol. The molecule has 0 aliphatic rings. The Morgan fingerprint density at radius 2 is 1.71 bits per heavy atom. The molecule has 0 aliphatic carbocycles. The summed E-state index contributed by atoms with van der Waals surface area (Å²) >= 11 is 0. The van der Waals surface area contributed by atoms with Crippen LogP contribution in [-0.4, -0.2) is 13.0 Å². The molecule has 6 heteroatoms. The van der Waals surface area contributed by atoms with Crippen LogP contribution in [0.3, 0.4) is 0 Å². The molecule has 0 radical (unpaired) electrons. The van der Waals surface area contributed by atoms with Gasteiger partial charge in [-0.15, -0.1) is 0 Å². The molecule has 0 spiro atoms. The lowest BCUT2D eigenvalue weighted by Crippen LogP contribution is -2.14. The maximum atomic E-state index is 13.1. The minimum Gasteiger partial charge on any atom is -0.495 e. The van der Waals surface area contributed by atoms with Crippen LogP contribution in [0.5, 0.6) is 5.75 Å². The zero-order valence-electron chi connectivity index (χ0n) is 11.3. The highest BCUT2D eigenvalue weighted by molar-refractivity contribution is 6.05. The molecule has 1 N–H and O–H groups in total. The summed E-state index contributed by atoms with van der Waals surface area (Å²) in [6.07, 6.45) is 0. The Morgan fingerprint density at radius 1 is 1.10 bits per heavy atom. The second-order valence-electron chi connectivity index (χ2n) is 4.41. The standard InChI is InChI=1S/C15H12F3NO2/c1-8-3-4-13(21-2)12(5-8)19-15(20)9-6-10(16)14(18)11(17)7-9/h3-7H,1-2H3,(H,19,20). The number of benzene rings is 2. The molecule has 0 bridgehead atoms. The Bertz CT molecular complexity index is 678. The van der Waals surface area contributed by atoms with Gasteiger partial charge in [0, 0.05) is 5.56 Å². The predicted octanol–water partition coefficient (Wildman–Crippen LogP) is 3.67. The first-order valence-electron chi connectivity index (χ1n) is 6.03. The number of carbonyl (C=O) groups excluding carboxylic acids is 1. The lowest BCUT2D eigenvalue weighted by Gasteiger charge is -2.11. The van der Waals surface area contributed by atoms with E-state index in [4.69, 9.17) is 4.74 Å². The summed E-state index contributed by atoms with van der Waals surface area (Å²) in [4.78, 5) is 12.0. The first kappa shape index (κ1) is 14.9. The Kier molecular flexibility index (Phi) is 4.16. The predicted molar refractivity (Wildman–Crippen MR) is 72.0 cm³/mol. The third kappa shape index (κ3) is 3.16. The van der Waals surface area contributed by atoms with Gasteiger partial charge in [0.15, 0.2) is 17.5 Å². The lowest BCUT2D eigenvalue weighted by molar-refractivity contribution is 0.102. The second-order valence-corrected chi connectivity index (χ2v) is 4.41. The number of rotatable bonds is 3. The minimum atomic E-state index is -1.61. The van der Waals surface area contributed by atoms with Crippen molar-refractivity contribution >= 4 is 11.6 Å². The number of aryl methyl sites for hydroxylation is 1. The maximum Gasteiger partial charge on any atom is 0.255 e. The van der Waals surface area contributed by atoms with Crippen LogP contribution < -0.4 is 10.1 Å².